The second-order valence-corrected chi connectivity index (χ2v) is 13.4. The first-order valence-electron chi connectivity index (χ1n) is 15.5. The molecule has 3 heteroatoms. The highest BCUT2D eigenvalue weighted by Gasteiger charge is 2.31. The lowest BCUT2D eigenvalue weighted by Gasteiger charge is -2.35. The normalized spacial score (nSPS) is 19.7. The van der Waals surface area contributed by atoms with Crippen LogP contribution in [0.1, 0.15) is 101 Å². The average Bonchev–Trinajstić information content (AvgIpc) is 2.88. The number of allylic oxidation sites excluding steroid dienone is 19. The second kappa shape index (κ2) is 18.4. The zero-order chi connectivity index (χ0) is 32.6. The smallest absolute Gasteiger partial charge is 0.161 e. The lowest BCUT2D eigenvalue weighted by molar-refractivity contribution is -0.123. The maximum atomic E-state index is 12.6. The molecule has 0 fully saturated rings. The summed E-state index contributed by atoms with van der Waals surface area (Å²) >= 11 is 0. The van der Waals surface area contributed by atoms with Gasteiger partial charge in [-0.3, -0.25) is 4.79 Å². The van der Waals surface area contributed by atoms with Crippen molar-refractivity contribution in [1.29, 1.82) is 0 Å². The van der Waals surface area contributed by atoms with E-state index in [-0.39, 0.29) is 23.1 Å². The first-order valence-corrected chi connectivity index (χ1v) is 15.5. The van der Waals surface area contributed by atoms with Crippen molar-refractivity contribution in [3.8, 4) is 0 Å². The number of hydrogen-bond acceptors (Lipinski definition) is 3. The minimum atomic E-state index is -0.459. The van der Waals surface area contributed by atoms with Crippen molar-refractivity contribution in [3.05, 3.63) is 119 Å². The Kier molecular flexibility index (Phi) is 16.1. The molecule has 0 radical (unpaired) electrons. The van der Waals surface area contributed by atoms with E-state index in [0.29, 0.717) is 12.8 Å². The van der Waals surface area contributed by atoms with Gasteiger partial charge in [0, 0.05) is 11.8 Å². The highest BCUT2D eigenvalue weighted by Crippen LogP contribution is 2.41. The van der Waals surface area contributed by atoms with Crippen LogP contribution in [0.5, 0.6) is 0 Å². The van der Waals surface area contributed by atoms with Gasteiger partial charge in [0.1, 0.15) is 5.78 Å². The molecule has 0 amide bonds. The van der Waals surface area contributed by atoms with Gasteiger partial charge in [-0.1, -0.05) is 135 Å². The molecule has 0 heterocycles. The van der Waals surface area contributed by atoms with E-state index in [1.165, 1.54) is 16.7 Å². The van der Waals surface area contributed by atoms with Crippen LogP contribution in [-0.4, -0.2) is 22.8 Å². The van der Waals surface area contributed by atoms with E-state index in [4.69, 9.17) is 0 Å². The molecule has 1 aliphatic rings. The fourth-order valence-corrected chi connectivity index (χ4v) is 5.07. The van der Waals surface area contributed by atoms with Crippen LogP contribution in [0.4, 0.5) is 0 Å². The topological polar surface area (TPSA) is 54.4 Å². The largest absolute Gasteiger partial charge is 0.393 e. The number of Topliss-reactive ketones (excluding diaryl/α,β-unsaturated/α-hetero) is 1. The molecule has 0 aliphatic heterocycles. The lowest BCUT2D eigenvalue weighted by Crippen LogP contribution is -2.28. The lowest BCUT2D eigenvalue weighted by atomic mass is 9.71. The average molecular weight is 585 g/mol. The Hall–Kier alpha value is -3.30. The summed E-state index contributed by atoms with van der Waals surface area (Å²) in [5, 5.41) is 10.1. The Morgan fingerprint density at radius 2 is 1.28 bits per heavy atom. The van der Waals surface area contributed by atoms with Crippen LogP contribution < -0.4 is 0 Å². The first kappa shape index (κ1) is 37.7. The third-order valence-corrected chi connectivity index (χ3v) is 7.75. The molecular formula is C40H56O3. The summed E-state index contributed by atoms with van der Waals surface area (Å²) in [6.45, 7) is 20.2. The summed E-state index contributed by atoms with van der Waals surface area (Å²) in [6.07, 6.45) is 31.7. The Balaban J connectivity index is 2.63. The Morgan fingerprint density at radius 3 is 1.79 bits per heavy atom. The third-order valence-electron chi connectivity index (χ3n) is 7.75. The van der Waals surface area contributed by atoms with E-state index in [2.05, 4.69) is 84.1 Å². The molecule has 0 aromatic heterocycles. The molecule has 1 rings (SSSR count). The molecule has 0 aromatic carbocycles. The third kappa shape index (κ3) is 15.7. The van der Waals surface area contributed by atoms with Gasteiger partial charge in [-0.25, -0.2) is 0 Å². The molecule has 1 atom stereocenters. The van der Waals surface area contributed by atoms with E-state index < -0.39 is 5.41 Å². The SMILES string of the molecule is CC(=O)CCCC(C)(C)C(=O)/C=C/C(C)=C\C=C\C(C)=C/C=C/C=C(C)\C=C\C=C(C)/C=C/C1=C(C)C[C@H](O)CC1(C)C. The Bertz CT molecular complexity index is 1280. The van der Waals surface area contributed by atoms with Crippen LogP contribution >= 0.6 is 0 Å². The molecule has 3 nitrogen and oxygen atoms in total. The van der Waals surface area contributed by atoms with E-state index >= 15 is 0 Å². The molecule has 0 spiro atoms. The van der Waals surface area contributed by atoms with Gasteiger partial charge in [0.25, 0.3) is 0 Å². The molecule has 0 saturated heterocycles. The summed E-state index contributed by atoms with van der Waals surface area (Å²) in [5.74, 6) is 0.256. The number of carbonyl (C=O) groups excluding carboxylic acids is 2. The fourth-order valence-electron chi connectivity index (χ4n) is 5.07. The number of carbonyl (C=O) groups is 2. The van der Waals surface area contributed by atoms with Gasteiger partial charge in [-0.15, -0.1) is 0 Å². The van der Waals surface area contributed by atoms with Crippen LogP contribution in [0.2, 0.25) is 0 Å². The Morgan fingerprint density at radius 1 is 0.791 bits per heavy atom. The van der Waals surface area contributed by atoms with Gasteiger partial charge in [-0.2, -0.15) is 0 Å². The number of aliphatic hydroxyl groups is 1. The van der Waals surface area contributed by atoms with E-state index in [0.717, 1.165) is 36.0 Å². The highest BCUT2D eigenvalue weighted by molar-refractivity contribution is 5.94. The van der Waals surface area contributed by atoms with Crippen molar-refractivity contribution in [3.63, 3.8) is 0 Å². The minimum Gasteiger partial charge on any atom is -0.393 e. The van der Waals surface area contributed by atoms with Crippen molar-refractivity contribution in [2.24, 2.45) is 10.8 Å². The van der Waals surface area contributed by atoms with Crippen molar-refractivity contribution >= 4 is 11.6 Å². The van der Waals surface area contributed by atoms with E-state index in [1.54, 1.807) is 13.0 Å². The van der Waals surface area contributed by atoms with E-state index in [1.807, 2.05) is 57.2 Å². The Labute approximate surface area is 262 Å². The fraction of sp³-hybridized carbons (Fsp3) is 0.450. The first-order chi connectivity index (χ1) is 20.0. The summed E-state index contributed by atoms with van der Waals surface area (Å²) < 4.78 is 0. The standard InChI is InChI=1S/C40H56O3/c1-30(18-13-20-32(3)23-25-37-34(5)28-36(42)29-40(37,9)10)16-11-12-17-31(2)19-14-21-33(4)24-26-38(43)39(7,8)27-15-22-35(6)41/h11-14,16-21,23-26,36,42H,15,22,27-29H2,1-10H3/b12-11+,18-13+,19-14+,25-23+,26-24+,30-16-,31-17-,32-20-,33-21-/t36-/m0/s1. The molecule has 0 bridgehead atoms. The predicted octanol–water partition coefficient (Wildman–Crippen LogP) is 10.4. The highest BCUT2D eigenvalue weighted by atomic mass is 16.3. The molecule has 234 valence electrons. The summed E-state index contributed by atoms with van der Waals surface area (Å²) in [6, 6.07) is 0. The molecule has 0 unspecified atom stereocenters. The number of aliphatic hydroxyl groups excluding tert-OH is 1. The van der Waals surface area contributed by atoms with Gasteiger partial charge in [0.05, 0.1) is 6.10 Å². The zero-order valence-corrected chi connectivity index (χ0v) is 28.5. The molecular weight excluding hydrogens is 528 g/mol. The maximum absolute atomic E-state index is 12.6. The second-order valence-electron chi connectivity index (χ2n) is 13.4. The van der Waals surface area contributed by atoms with Gasteiger partial charge < -0.3 is 9.90 Å². The predicted molar refractivity (Wildman–Crippen MR) is 186 cm³/mol. The van der Waals surface area contributed by atoms with Gasteiger partial charge in [0.2, 0.25) is 0 Å². The van der Waals surface area contributed by atoms with Crippen LogP contribution in [0, 0.1) is 10.8 Å². The molecule has 0 aromatic rings. The molecule has 0 saturated carbocycles. The zero-order valence-electron chi connectivity index (χ0n) is 28.5. The van der Waals surface area contributed by atoms with Crippen LogP contribution in [0.15, 0.2) is 119 Å². The van der Waals surface area contributed by atoms with Crippen molar-refractivity contribution in [2.75, 3.05) is 0 Å². The van der Waals surface area contributed by atoms with E-state index in [9.17, 15) is 14.7 Å². The van der Waals surface area contributed by atoms with Crippen molar-refractivity contribution in [2.45, 2.75) is 107 Å². The number of ketones is 2. The summed E-state index contributed by atoms with van der Waals surface area (Å²) in [5.41, 5.74) is 6.62. The minimum absolute atomic E-state index is 0.00629. The van der Waals surface area contributed by atoms with Gasteiger partial charge in [0.15, 0.2) is 5.78 Å². The molecule has 43 heavy (non-hydrogen) atoms. The van der Waals surface area contributed by atoms with Crippen molar-refractivity contribution in [1.82, 2.24) is 0 Å². The monoisotopic (exact) mass is 584 g/mol. The quantitative estimate of drug-likeness (QED) is 0.154. The summed E-state index contributed by atoms with van der Waals surface area (Å²) in [4.78, 5) is 23.7. The molecule has 1 N–H and O–H groups in total. The van der Waals surface area contributed by atoms with Gasteiger partial charge in [-0.05, 0) is 84.3 Å². The van der Waals surface area contributed by atoms with Crippen LogP contribution in [-0.2, 0) is 9.59 Å². The van der Waals surface area contributed by atoms with Crippen LogP contribution in [0.3, 0.4) is 0 Å². The van der Waals surface area contributed by atoms with Crippen molar-refractivity contribution < 1.29 is 14.7 Å². The van der Waals surface area contributed by atoms with Gasteiger partial charge >= 0.3 is 0 Å². The van der Waals surface area contributed by atoms with Crippen LogP contribution in [0.25, 0.3) is 0 Å². The summed E-state index contributed by atoms with van der Waals surface area (Å²) in [7, 11) is 0. The number of rotatable bonds is 15. The molecule has 1 aliphatic carbocycles. The number of hydrogen-bond donors (Lipinski definition) is 1. The maximum Gasteiger partial charge on any atom is 0.161 e.